The standard InChI is InChI=1S/C30H22O3/c31-17-27(29-25-15-7-5-11-21(25)22-12-6-8-16-26(22)29)30(32)33-18-28-23-13-3-1-9-19(23)20-10-2-4-14-24(20)28/h1-17,27-29H,18H2. The average molecular weight is 431 g/mol. The maximum atomic E-state index is 13.3. The molecule has 0 N–H and O–H groups in total. The molecule has 160 valence electrons. The molecule has 0 aliphatic heterocycles. The number of fused-ring (bicyclic) bond motifs is 6. The van der Waals surface area contributed by atoms with Gasteiger partial charge in [-0.2, -0.15) is 0 Å². The summed E-state index contributed by atoms with van der Waals surface area (Å²) in [7, 11) is 0. The van der Waals surface area contributed by atoms with E-state index in [1.807, 2.05) is 72.8 Å². The lowest BCUT2D eigenvalue weighted by atomic mass is 9.85. The second-order valence-electron chi connectivity index (χ2n) is 8.67. The highest BCUT2D eigenvalue weighted by molar-refractivity contribution is 5.93. The highest BCUT2D eigenvalue weighted by Crippen LogP contribution is 2.48. The number of ether oxygens (including phenoxy) is 1. The van der Waals surface area contributed by atoms with Gasteiger partial charge in [-0.15, -0.1) is 0 Å². The first-order chi connectivity index (χ1) is 16.3. The number of carbonyl (C=O) groups excluding carboxylic acids is 2. The van der Waals surface area contributed by atoms with Crippen molar-refractivity contribution in [2.75, 3.05) is 6.61 Å². The van der Waals surface area contributed by atoms with Gasteiger partial charge in [0.1, 0.15) is 18.8 Å². The lowest BCUT2D eigenvalue weighted by Crippen LogP contribution is -2.27. The summed E-state index contributed by atoms with van der Waals surface area (Å²) in [6.45, 7) is 0.215. The van der Waals surface area contributed by atoms with Crippen LogP contribution in [-0.2, 0) is 14.3 Å². The molecule has 0 heterocycles. The third-order valence-electron chi connectivity index (χ3n) is 7.01. The Morgan fingerprint density at radius 3 is 1.52 bits per heavy atom. The van der Waals surface area contributed by atoms with Crippen LogP contribution in [0.1, 0.15) is 34.1 Å². The number of aldehydes is 1. The maximum absolute atomic E-state index is 13.3. The van der Waals surface area contributed by atoms with Crippen LogP contribution in [0.4, 0.5) is 0 Å². The first kappa shape index (κ1) is 19.7. The fourth-order valence-corrected chi connectivity index (χ4v) is 5.55. The average Bonchev–Trinajstić information content (AvgIpc) is 3.37. The van der Waals surface area contributed by atoms with E-state index in [9.17, 15) is 9.59 Å². The molecule has 4 aromatic rings. The quantitative estimate of drug-likeness (QED) is 0.223. The Morgan fingerprint density at radius 2 is 1.06 bits per heavy atom. The number of carbonyl (C=O) groups is 2. The van der Waals surface area contributed by atoms with E-state index < -0.39 is 11.9 Å². The maximum Gasteiger partial charge on any atom is 0.317 e. The molecule has 6 rings (SSSR count). The minimum Gasteiger partial charge on any atom is -0.464 e. The molecular weight excluding hydrogens is 408 g/mol. The van der Waals surface area contributed by atoms with Gasteiger partial charge in [-0.1, -0.05) is 97.1 Å². The molecule has 0 saturated heterocycles. The third-order valence-corrected chi connectivity index (χ3v) is 7.01. The van der Waals surface area contributed by atoms with Crippen molar-refractivity contribution in [1.29, 1.82) is 0 Å². The molecule has 0 fully saturated rings. The summed E-state index contributed by atoms with van der Waals surface area (Å²) >= 11 is 0. The Bertz CT molecular complexity index is 1300. The molecule has 0 saturated carbocycles. The summed E-state index contributed by atoms with van der Waals surface area (Å²) in [5, 5.41) is 0. The van der Waals surface area contributed by atoms with E-state index in [2.05, 4.69) is 24.3 Å². The lowest BCUT2D eigenvalue weighted by molar-refractivity contribution is -0.150. The molecule has 4 aromatic carbocycles. The van der Waals surface area contributed by atoms with Crippen molar-refractivity contribution in [3.8, 4) is 22.3 Å². The van der Waals surface area contributed by atoms with Crippen molar-refractivity contribution in [2.45, 2.75) is 11.8 Å². The number of hydrogen-bond donors (Lipinski definition) is 0. The summed E-state index contributed by atoms with van der Waals surface area (Å²) < 4.78 is 5.86. The van der Waals surface area contributed by atoms with E-state index in [1.165, 1.54) is 11.1 Å². The zero-order valence-corrected chi connectivity index (χ0v) is 18.0. The van der Waals surface area contributed by atoms with Gasteiger partial charge in [0.2, 0.25) is 0 Å². The molecule has 0 spiro atoms. The van der Waals surface area contributed by atoms with Gasteiger partial charge in [0.05, 0.1) is 0 Å². The van der Waals surface area contributed by atoms with Gasteiger partial charge < -0.3 is 9.53 Å². The molecule has 1 unspecified atom stereocenters. The van der Waals surface area contributed by atoms with Crippen LogP contribution in [0.5, 0.6) is 0 Å². The summed E-state index contributed by atoms with van der Waals surface area (Å²) in [6, 6.07) is 32.5. The lowest BCUT2D eigenvalue weighted by Gasteiger charge is -2.21. The minimum absolute atomic E-state index is 0.0307. The van der Waals surface area contributed by atoms with Gasteiger partial charge in [-0.25, -0.2) is 0 Å². The normalized spacial score (nSPS) is 14.7. The Labute approximate surface area is 192 Å². The zero-order chi connectivity index (χ0) is 22.4. The van der Waals surface area contributed by atoms with Crippen molar-refractivity contribution in [3.05, 3.63) is 119 Å². The van der Waals surface area contributed by atoms with Crippen molar-refractivity contribution in [2.24, 2.45) is 5.92 Å². The molecular formula is C30H22O3. The molecule has 3 heteroatoms. The Hall–Kier alpha value is -3.98. The van der Waals surface area contributed by atoms with Crippen LogP contribution in [0.2, 0.25) is 0 Å². The van der Waals surface area contributed by atoms with Gasteiger partial charge in [-0.3, -0.25) is 4.79 Å². The second kappa shape index (κ2) is 7.86. The molecule has 33 heavy (non-hydrogen) atoms. The first-order valence-corrected chi connectivity index (χ1v) is 11.3. The smallest absolute Gasteiger partial charge is 0.317 e. The van der Waals surface area contributed by atoms with E-state index >= 15 is 0 Å². The van der Waals surface area contributed by atoms with Gasteiger partial charge in [0.25, 0.3) is 0 Å². The van der Waals surface area contributed by atoms with E-state index in [0.29, 0.717) is 0 Å². The van der Waals surface area contributed by atoms with Crippen LogP contribution in [0.25, 0.3) is 22.3 Å². The Kier molecular flexibility index (Phi) is 4.69. The summed E-state index contributed by atoms with van der Waals surface area (Å²) in [5.74, 6) is -1.72. The predicted octanol–water partition coefficient (Wildman–Crippen LogP) is 5.97. The van der Waals surface area contributed by atoms with Gasteiger partial charge in [-0.05, 0) is 44.5 Å². The summed E-state index contributed by atoms with van der Waals surface area (Å²) in [6.07, 6.45) is 0.752. The fraction of sp³-hybridized carbons (Fsp3) is 0.133. The second-order valence-corrected chi connectivity index (χ2v) is 8.67. The largest absolute Gasteiger partial charge is 0.464 e. The van der Waals surface area contributed by atoms with Crippen molar-refractivity contribution < 1.29 is 14.3 Å². The molecule has 0 radical (unpaired) electrons. The van der Waals surface area contributed by atoms with Crippen LogP contribution < -0.4 is 0 Å². The van der Waals surface area contributed by atoms with Gasteiger partial charge in [0, 0.05) is 11.8 Å². The van der Waals surface area contributed by atoms with Crippen LogP contribution in [0.3, 0.4) is 0 Å². The predicted molar refractivity (Wildman–Crippen MR) is 128 cm³/mol. The molecule has 2 aliphatic rings. The highest BCUT2D eigenvalue weighted by Gasteiger charge is 2.39. The van der Waals surface area contributed by atoms with E-state index in [-0.39, 0.29) is 18.4 Å². The molecule has 0 bridgehead atoms. The molecule has 0 amide bonds. The molecule has 1 atom stereocenters. The van der Waals surface area contributed by atoms with Crippen LogP contribution in [0, 0.1) is 5.92 Å². The SMILES string of the molecule is O=CC(C(=O)OCC1c2ccccc2-c2ccccc21)C1c2ccccc2-c2ccccc21. The van der Waals surface area contributed by atoms with Gasteiger partial charge >= 0.3 is 5.97 Å². The Balaban J connectivity index is 1.30. The molecule has 2 aliphatic carbocycles. The molecule has 0 aromatic heterocycles. The minimum atomic E-state index is -0.887. The number of rotatable bonds is 5. The summed E-state index contributed by atoms with van der Waals surface area (Å²) in [5.41, 5.74) is 8.84. The first-order valence-electron chi connectivity index (χ1n) is 11.3. The zero-order valence-electron chi connectivity index (χ0n) is 18.0. The number of hydrogen-bond acceptors (Lipinski definition) is 3. The van der Waals surface area contributed by atoms with Crippen LogP contribution in [-0.4, -0.2) is 18.9 Å². The van der Waals surface area contributed by atoms with Crippen molar-refractivity contribution in [3.63, 3.8) is 0 Å². The van der Waals surface area contributed by atoms with Crippen LogP contribution in [0.15, 0.2) is 97.1 Å². The third kappa shape index (κ3) is 3.04. The number of esters is 1. The number of benzene rings is 4. The van der Waals surface area contributed by atoms with E-state index in [4.69, 9.17) is 4.74 Å². The van der Waals surface area contributed by atoms with Gasteiger partial charge in [0.15, 0.2) is 0 Å². The van der Waals surface area contributed by atoms with Crippen LogP contribution >= 0.6 is 0 Å². The monoisotopic (exact) mass is 430 g/mol. The highest BCUT2D eigenvalue weighted by atomic mass is 16.5. The summed E-state index contributed by atoms with van der Waals surface area (Å²) in [4.78, 5) is 25.6. The van der Waals surface area contributed by atoms with Crippen molar-refractivity contribution in [1.82, 2.24) is 0 Å². The Morgan fingerprint density at radius 1 is 0.667 bits per heavy atom. The molecule has 3 nitrogen and oxygen atoms in total. The van der Waals surface area contributed by atoms with E-state index in [1.54, 1.807) is 0 Å². The van der Waals surface area contributed by atoms with E-state index in [0.717, 1.165) is 39.7 Å². The van der Waals surface area contributed by atoms with Crippen molar-refractivity contribution >= 4 is 12.3 Å². The topological polar surface area (TPSA) is 43.4 Å². The fourth-order valence-electron chi connectivity index (χ4n) is 5.55.